The number of carbonyl (C=O) groups is 2. The number of Topliss-reactive ketones (excluding diaryl/α,β-unsaturated/α-hetero) is 1. The van der Waals surface area contributed by atoms with Gasteiger partial charge in [0, 0.05) is 6.20 Å². The molecule has 2 atom stereocenters. The van der Waals surface area contributed by atoms with Gasteiger partial charge in [0.05, 0.1) is 16.7 Å². The molecule has 140 valence electrons. The van der Waals surface area contributed by atoms with Crippen molar-refractivity contribution in [3.05, 3.63) is 53.9 Å². The fraction of sp³-hybridized carbons (Fsp3) is 0.294. The smallest absolute Gasteiger partial charge is 0.327 e. The van der Waals surface area contributed by atoms with E-state index in [1.54, 1.807) is 31.3 Å². The Bertz CT molecular complexity index is 857. The van der Waals surface area contributed by atoms with Crippen molar-refractivity contribution in [2.45, 2.75) is 30.9 Å². The first-order chi connectivity index (χ1) is 12.2. The number of aromatic nitrogens is 1. The van der Waals surface area contributed by atoms with Crippen molar-refractivity contribution in [1.29, 1.82) is 0 Å². The van der Waals surface area contributed by atoms with Crippen LogP contribution in [0.4, 0.5) is 0 Å². The van der Waals surface area contributed by atoms with E-state index in [1.807, 2.05) is 0 Å². The van der Waals surface area contributed by atoms with Crippen LogP contribution < -0.4 is 4.72 Å². The minimum Gasteiger partial charge on any atom is -0.456 e. The summed E-state index contributed by atoms with van der Waals surface area (Å²) >= 11 is 0. The van der Waals surface area contributed by atoms with Crippen molar-refractivity contribution in [3.8, 4) is 0 Å². The predicted octanol–water partition coefficient (Wildman–Crippen LogP) is 0.777. The lowest BCUT2D eigenvalue weighted by Gasteiger charge is -2.20. The molecule has 1 heterocycles. The zero-order valence-electron chi connectivity index (χ0n) is 14.3. The molecule has 26 heavy (non-hydrogen) atoms. The maximum Gasteiger partial charge on any atom is 0.327 e. The van der Waals surface area contributed by atoms with Crippen molar-refractivity contribution in [3.63, 3.8) is 0 Å². The molecule has 0 saturated heterocycles. The molecule has 9 heteroatoms. The summed E-state index contributed by atoms with van der Waals surface area (Å²) in [6.07, 6.45) is 0.187. The lowest BCUT2D eigenvalue weighted by Crippen LogP contribution is -2.48. The van der Waals surface area contributed by atoms with Gasteiger partial charge in [-0.15, -0.1) is 0 Å². The Balaban J connectivity index is 2.06. The maximum absolute atomic E-state index is 12.4. The van der Waals surface area contributed by atoms with Gasteiger partial charge in [-0.1, -0.05) is 17.7 Å². The first-order valence-electron chi connectivity index (χ1n) is 7.81. The van der Waals surface area contributed by atoms with Gasteiger partial charge in [0.25, 0.3) is 0 Å². The number of aryl methyl sites for hydroxylation is 1. The Hall–Kier alpha value is -2.49. The summed E-state index contributed by atoms with van der Waals surface area (Å²) in [7, 11) is -4.05. The highest BCUT2D eigenvalue weighted by Crippen LogP contribution is 2.12. The van der Waals surface area contributed by atoms with E-state index in [4.69, 9.17) is 4.74 Å². The van der Waals surface area contributed by atoms with Gasteiger partial charge in [0.1, 0.15) is 6.04 Å². The number of sulfonamides is 1. The lowest BCUT2D eigenvalue weighted by atomic mass is 10.2. The summed E-state index contributed by atoms with van der Waals surface area (Å²) in [6, 6.07) is 7.58. The first-order valence-corrected chi connectivity index (χ1v) is 9.29. The molecule has 0 aliphatic rings. The minimum atomic E-state index is -4.05. The highest BCUT2D eigenvalue weighted by atomic mass is 32.2. The largest absolute Gasteiger partial charge is 0.456 e. The summed E-state index contributed by atoms with van der Waals surface area (Å²) in [5.41, 5.74) is 1.13. The van der Waals surface area contributed by atoms with Gasteiger partial charge in [0.2, 0.25) is 15.8 Å². The molecule has 0 saturated carbocycles. The molecule has 0 bridgehead atoms. The van der Waals surface area contributed by atoms with Crippen LogP contribution in [-0.2, 0) is 19.6 Å². The number of rotatable bonds is 8. The fourth-order valence-electron chi connectivity index (χ4n) is 2.10. The lowest BCUT2D eigenvalue weighted by molar-refractivity contribution is -0.147. The number of carbonyl (C=O) groups excluding carboxylic acids is 2. The number of aliphatic hydroxyl groups is 1. The first kappa shape index (κ1) is 19.8. The maximum atomic E-state index is 12.4. The summed E-state index contributed by atoms with van der Waals surface area (Å²) in [5.74, 6) is -1.52. The molecular formula is C17H20N2O6S. The van der Waals surface area contributed by atoms with E-state index < -0.39 is 40.5 Å². The van der Waals surface area contributed by atoms with Crippen LogP contribution in [0.15, 0.2) is 47.5 Å². The molecule has 2 rings (SSSR count). The van der Waals surface area contributed by atoms with Gasteiger partial charge >= 0.3 is 5.97 Å². The molecule has 8 nitrogen and oxygen atoms in total. The van der Waals surface area contributed by atoms with Crippen LogP contribution in [0.1, 0.15) is 23.0 Å². The standard InChI is InChI=1S/C17H20N2O6S/c1-11-5-7-13(8-6-11)26(23,24)19-16(12(2)20)17(22)25-10-15(21)14-4-3-9-18-14/h3-9,12,16,18-20H,10H2,1-2H3/t12-,16-/m0/s1. The Labute approximate surface area is 151 Å². The molecule has 0 aliphatic carbocycles. The zero-order valence-corrected chi connectivity index (χ0v) is 15.1. The SMILES string of the molecule is Cc1ccc(S(=O)(=O)N[C@H](C(=O)OCC(=O)c2ccc[nH]2)[C@H](C)O)cc1. The number of benzene rings is 1. The van der Waals surface area contributed by atoms with Crippen LogP contribution >= 0.6 is 0 Å². The number of esters is 1. The van der Waals surface area contributed by atoms with Crippen LogP contribution in [0.2, 0.25) is 0 Å². The molecule has 3 N–H and O–H groups in total. The van der Waals surface area contributed by atoms with Gasteiger partial charge < -0.3 is 14.8 Å². The van der Waals surface area contributed by atoms with Crippen LogP contribution in [-0.4, -0.2) is 49.0 Å². The Morgan fingerprint density at radius 3 is 2.42 bits per heavy atom. The summed E-state index contributed by atoms with van der Waals surface area (Å²) in [6.45, 7) is 2.48. The topological polar surface area (TPSA) is 126 Å². The van der Waals surface area contributed by atoms with Crippen LogP contribution in [0.25, 0.3) is 0 Å². The van der Waals surface area contributed by atoms with E-state index in [0.29, 0.717) is 0 Å². The second kappa shape index (κ2) is 8.26. The van der Waals surface area contributed by atoms with Gasteiger partial charge in [-0.05, 0) is 38.1 Å². The number of aromatic amines is 1. The quantitative estimate of drug-likeness (QED) is 0.459. The van der Waals surface area contributed by atoms with E-state index in [-0.39, 0.29) is 10.6 Å². The summed E-state index contributed by atoms with van der Waals surface area (Å²) in [5, 5.41) is 9.77. The van der Waals surface area contributed by atoms with Crippen LogP contribution in [0, 0.1) is 6.92 Å². The molecule has 0 amide bonds. The third-order valence-corrected chi connectivity index (χ3v) is 5.05. The zero-order chi connectivity index (χ0) is 19.3. The molecular weight excluding hydrogens is 360 g/mol. The predicted molar refractivity (Wildman–Crippen MR) is 93.1 cm³/mol. The fourth-order valence-corrected chi connectivity index (χ4v) is 3.36. The van der Waals surface area contributed by atoms with Crippen molar-refractivity contribution in [1.82, 2.24) is 9.71 Å². The van der Waals surface area contributed by atoms with Gasteiger partial charge in [-0.2, -0.15) is 4.72 Å². The summed E-state index contributed by atoms with van der Waals surface area (Å²) in [4.78, 5) is 26.6. The van der Waals surface area contributed by atoms with Crippen molar-refractivity contribution >= 4 is 21.8 Å². The van der Waals surface area contributed by atoms with E-state index in [9.17, 15) is 23.1 Å². The van der Waals surface area contributed by atoms with Gasteiger partial charge in [0.15, 0.2) is 6.61 Å². The van der Waals surface area contributed by atoms with Gasteiger partial charge in [-0.3, -0.25) is 9.59 Å². The molecule has 0 unspecified atom stereocenters. The Morgan fingerprint density at radius 2 is 1.88 bits per heavy atom. The molecule has 1 aromatic heterocycles. The normalized spacial score (nSPS) is 13.8. The molecule has 0 aliphatic heterocycles. The third-order valence-electron chi connectivity index (χ3n) is 3.59. The van der Waals surface area contributed by atoms with Crippen LogP contribution in [0.5, 0.6) is 0 Å². The highest BCUT2D eigenvalue weighted by molar-refractivity contribution is 7.89. The molecule has 0 fully saturated rings. The van der Waals surface area contributed by atoms with Gasteiger partial charge in [-0.25, -0.2) is 8.42 Å². The average Bonchev–Trinajstić information content (AvgIpc) is 3.12. The Morgan fingerprint density at radius 1 is 1.23 bits per heavy atom. The number of nitrogens with one attached hydrogen (secondary N) is 2. The number of hydrogen-bond acceptors (Lipinski definition) is 6. The van der Waals surface area contributed by atoms with E-state index >= 15 is 0 Å². The second-order valence-corrected chi connectivity index (χ2v) is 7.48. The molecule has 1 aromatic carbocycles. The number of hydrogen-bond donors (Lipinski definition) is 3. The minimum absolute atomic E-state index is 0.0518. The third kappa shape index (κ3) is 5.01. The number of ether oxygens (including phenoxy) is 1. The van der Waals surface area contributed by atoms with Crippen molar-refractivity contribution in [2.75, 3.05) is 6.61 Å². The second-order valence-electron chi connectivity index (χ2n) is 5.77. The summed E-state index contributed by atoms with van der Waals surface area (Å²) < 4.78 is 31.7. The van der Waals surface area contributed by atoms with Crippen molar-refractivity contribution in [2.24, 2.45) is 0 Å². The van der Waals surface area contributed by atoms with E-state index in [1.165, 1.54) is 25.1 Å². The Kier molecular flexibility index (Phi) is 6.30. The number of ketones is 1. The monoisotopic (exact) mass is 380 g/mol. The van der Waals surface area contributed by atoms with Crippen LogP contribution in [0.3, 0.4) is 0 Å². The average molecular weight is 380 g/mol. The van der Waals surface area contributed by atoms with E-state index in [0.717, 1.165) is 5.56 Å². The molecule has 0 radical (unpaired) electrons. The number of H-pyrrole nitrogens is 1. The highest BCUT2D eigenvalue weighted by Gasteiger charge is 2.31. The number of aliphatic hydroxyl groups excluding tert-OH is 1. The molecule has 2 aromatic rings. The molecule has 0 spiro atoms. The van der Waals surface area contributed by atoms with Crippen molar-refractivity contribution < 1.29 is 27.9 Å². The van der Waals surface area contributed by atoms with E-state index in [2.05, 4.69) is 9.71 Å².